The number of nitrogen functional groups attached to an aromatic ring is 1. The Balaban J connectivity index is 2.05. The average molecular weight is 298 g/mol. The number of aryl methyl sites for hydroxylation is 1. The minimum absolute atomic E-state index is 0.0295. The number of nitrogens with one attached hydrogen (secondary N) is 1. The summed E-state index contributed by atoms with van der Waals surface area (Å²) < 4.78 is 42.6. The summed E-state index contributed by atoms with van der Waals surface area (Å²) in [6, 6.07) is 6.07. The highest BCUT2D eigenvalue weighted by atomic mass is 19.4. The van der Waals surface area contributed by atoms with Gasteiger partial charge in [0.15, 0.2) is 5.82 Å². The highest BCUT2D eigenvalue weighted by Crippen LogP contribution is 2.30. The van der Waals surface area contributed by atoms with Crippen LogP contribution < -0.4 is 16.0 Å². The lowest BCUT2D eigenvalue weighted by atomic mass is 10.2. The monoisotopic (exact) mass is 298 g/mol. The lowest BCUT2D eigenvalue weighted by molar-refractivity contribution is -0.137. The van der Waals surface area contributed by atoms with Gasteiger partial charge in [-0.15, -0.1) is 0 Å². The van der Waals surface area contributed by atoms with Crippen LogP contribution in [0.15, 0.2) is 30.3 Å². The van der Waals surface area contributed by atoms with E-state index in [0.29, 0.717) is 23.1 Å². The number of benzene rings is 1. The number of hydrogen-bond acceptors (Lipinski definition) is 5. The van der Waals surface area contributed by atoms with E-state index in [1.807, 2.05) is 0 Å². The van der Waals surface area contributed by atoms with Crippen molar-refractivity contribution < 1.29 is 17.9 Å². The highest BCUT2D eigenvalue weighted by Gasteiger charge is 2.29. The van der Waals surface area contributed by atoms with Crippen molar-refractivity contribution in [1.29, 1.82) is 0 Å². The standard InChI is InChI=1S/C13H13F3N4O/c1-8-6-11(20-17)19-12(18-8)7-21-10-4-2-9(3-5-10)13(14,15)16/h2-6H,7,17H2,1H3,(H,18,19,20). The quantitative estimate of drug-likeness (QED) is 0.670. The molecule has 1 aromatic heterocycles. The van der Waals surface area contributed by atoms with Crippen LogP contribution in [0.5, 0.6) is 5.75 Å². The van der Waals surface area contributed by atoms with Crippen molar-refractivity contribution >= 4 is 5.82 Å². The highest BCUT2D eigenvalue weighted by molar-refractivity contribution is 5.34. The largest absolute Gasteiger partial charge is 0.486 e. The predicted molar refractivity (Wildman–Crippen MR) is 70.4 cm³/mol. The molecule has 0 aliphatic heterocycles. The molecule has 0 saturated carbocycles. The Bertz CT molecular complexity index is 614. The third-order valence-electron chi connectivity index (χ3n) is 2.60. The minimum Gasteiger partial charge on any atom is -0.486 e. The van der Waals surface area contributed by atoms with Gasteiger partial charge in [-0.3, -0.25) is 0 Å². The minimum atomic E-state index is -4.36. The zero-order valence-electron chi connectivity index (χ0n) is 11.1. The number of ether oxygens (including phenoxy) is 1. The van der Waals surface area contributed by atoms with Gasteiger partial charge >= 0.3 is 6.18 Å². The van der Waals surface area contributed by atoms with Crippen LogP contribution >= 0.6 is 0 Å². The molecule has 0 spiro atoms. The smallest absolute Gasteiger partial charge is 0.416 e. The predicted octanol–water partition coefficient (Wildman–Crippen LogP) is 2.67. The molecule has 0 aliphatic rings. The Morgan fingerprint density at radius 1 is 1.19 bits per heavy atom. The molecule has 5 nitrogen and oxygen atoms in total. The summed E-state index contributed by atoms with van der Waals surface area (Å²) >= 11 is 0. The normalized spacial score (nSPS) is 11.3. The zero-order chi connectivity index (χ0) is 15.5. The van der Waals surface area contributed by atoms with Crippen molar-refractivity contribution in [2.45, 2.75) is 19.7 Å². The Morgan fingerprint density at radius 3 is 2.43 bits per heavy atom. The van der Waals surface area contributed by atoms with Gasteiger partial charge in [0.05, 0.1) is 5.56 Å². The fourth-order valence-electron chi connectivity index (χ4n) is 1.66. The number of rotatable bonds is 4. The molecular formula is C13H13F3N4O. The van der Waals surface area contributed by atoms with Gasteiger partial charge in [-0.05, 0) is 31.2 Å². The second-order valence-electron chi connectivity index (χ2n) is 4.27. The first kappa shape index (κ1) is 15.0. The summed E-state index contributed by atoms with van der Waals surface area (Å²) in [6.07, 6.45) is -4.36. The average Bonchev–Trinajstić information content (AvgIpc) is 2.44. The van der Waals surface area contributed by atoms with Crippen LogP contribution in [0.25, 0.3) is 0 Å². The van der Waals surface area contributed by atoms with E-state index in [-0.39, 0.29) is 6.61 Å². The maximum absolute atomic E-state index is 12.4. The van der Waals surface area contributed by atoms with E-state index in [9.17, 15) is 13.2 Å². The van der Waals surface area contributed by atoms with Crippen LogP contribution in [-0.4, -0.2) is 9.97 Å². The molecule has 2 rings (SSSR count). The van der Waals surface area contributed by atoms with Crippen LogP contribution in [0.2, 0.25) is 0 Å². The molecule has 0 bridgehead atoms. The molecule has 0 fully saturated rings. The number of halogens is 3. The van der Waals surface area contributed by atoms with Gasteiger partial charge in [-0.1, -0.05) is 0 Å². The molecule has 21 heavy (non-hydrogen) atoms. The molecular weight excluding hydrogens is 285 g/mol. The lowest BCUT2D eigenvalue weighted by Gasteiger charge is -2.09. The fourth-order valence-corrected chi connectivity index (χ4v) is 1.66. The van der Waals surface area contributed by atoms with E-state index < -0.39 is 11.7 Å². The summed E-state index contributed by atoms with van der Waals surface area (Å²) in [4.78, 5) is 8.21. The number of nitrogens with two attached hydrogens (primary N) is 1. The van der Waals surface area contributed by atoms with Crippen molar-refractivity contribution in [3.8, 4) is 5.75 Å². The van der Waals surface area contributed by atoms with Crippen LogP contribution in [0, 0.1) is 6.92 Å². The second kappa shape index (κ2) is 5.96. The first-order valence-electron chi connectivity index (χ1n) is 6.00. The summed E-state index contributed by atoms with van der Waals surface area (Å²) in [5.41, 5.74) is 2.37. The van der Waals surface area contributed by atoms with E-state index >= 15 is 0 Å². The molecule has 0 radical (unpaired) electrons. The van der Waals surface area contributed by atoms with Gasteiger partial charge in [-0.2, -0.15) is 13.2 Å². The molecule has 3 N–H and O–H groups in total. The van der Waals surface area contributed by atoms with Crippen LogP contribution in [0.4, 0.5) is 19.0 Å². The summed E-state index contributed by atoms with van der Waals surface area (Å²) in [6.45, 7) is 1.80. The second-order valence-corrected chi connectivity index (χ2v) is 4.27. The number of alkyl halides is 3. The Labute approximate surface area is 118 Å². The van der Waals surface area contributed by atoms with Gasteiger partial charge < -0.3 is 10.2 Å². The molecule has 2 aromatic rings. The van der Waals surface area contributed by atoms with Gasteiger partial charge in [-0.25, -0.2) is 15.8 Å². The molecule has 8 heteroatoms. The van der Waals surface area contributed by atoms with Crippen LogP contribution in [0.1, 0.15) is 17.1 Å². The Kier molecular flexibility index (Phi) is 4.27. The lowest BCUT2D eigenvalue weighted by Crippen LogP contribution is -2.12. The third-order valence-corrected chi connectivity index (χ3v) is 2.60. The van der Waals surface area contributed by atoms with E-state index in [1.165, 1.54) is 12.1 Å². The SMILES string of the molecule is Cc1cc(NN)nc(COc2ccc(C(F)(F)F)cc2)n1. The van der Waals surface area contributed by atoms with Crippen molar-refractivity contribution in [2.24, 2.45) is 5.84 Å². The third kappa shape index (κ3) is 4.06. The first-order valence-corrected chi connectivity index (χ1v) is 6.00. The Morgan fingerprint density at radius 2 is 1.86 bits per heavy atom. The molecule has 0 saturated heterocycles. The Hall–Kier alpha value is -2.35. The number of anilines is 1. The summed E-state index contributed by atoms with van der Waals surface area (Å²) in [5.74, 6) is 6.38. The maximum Gasteiger partial charge on any atom is 0.416 e. The van der Waals surface area contributed by atoms with Gasteiger partial charge in [0.2, 0.25) is 0 Å². The van der Waals surface area contributed by atoms with Crippen LogP contribution in [0.3, 0.4) is 0 Å². The molecule has 0 unspecified atom stereocenters. The van der Waals surface area contributed by atoms with E-state index in [0.717, 1.165) is 12.1 Å². The summed E-state index contributed by atoms with van der Waals surface area (Å²) in [5, 5.41) is 0. The van der Waals surface area contributed by atoms with Gasteiger partial charge in [0.25, 0.3) is 0 Å². The van der Waals surface area contributed by atoms with Crippen molar-refractivity contribution in [3.63, 3.8) is 0 Å². The van der Waals surface area contributed by atoms with E-state index in [4.69, 9.17) is 10.6 Å². The maximum atomic E-state index is 12.4. The molecule has 1 aromatic carbocycles. The van der Waals surface area contributed by atoms with Gasteiger partial charge in [0.1, 0.15) is 18.2 Å². The van der Waals surface area contributed by atoms with Crippen molar-refractivity contribution in [2.75, 3.05) is 5.43 Å². The number of hydrogen-bond donors (Lipinski definition) is 2. The number of hydrazine groups is 1. The first-order chi connectivity index (χ1) is 9.88. The van der Waals surface area contributed by atoms with Crippen LogP contribution in [-0.2, 0) is 12.8 Å². The molecule has 0 amide bonds. The summed E-state index contributed by atoms with van der Waals surface area (Å²) in [7, 11) is 0. The zero-order valence-corrected chi connectivity index (χ0v) is 11.1. The van der Waals surface area contributed by atoms with Gasteiger partial charge in [0, 0.05) is 11.8 Å². The topological polar surface area (TPSA) is 73.1 Å². The van der Waals surface area contributed by atoms with E-state index in [2.05, 4.69) is 15.4 Å². The van der Waals surface area contributed by atoms with E-state index in [1.54, 1.807) is 13.0 Å². The fraction of sp³-hybridized carbons (Fsp3) is 0.231. The number of aromatic nitrogens is 2. The molecule has 112 valence electrons. The van der Waals surface area contributed by atoms with Crippen molar-refractivity contribution in [1.82, 2.24) is 9.97 Å². The molecule has 0 atom stereocenters. The molecule has 1 heterocycles. The number of nitrogens with zero attached hydrogens (tertiary/aromatic N) is 2. The molecule has 0 aliphatic carbocycles. The van der Waals surface area contributed by atoms with Crippen molar-refractivity contribution in [3.05, 3.63) is 47.4 Å².